The normalized spacial score (nSPS) is 11.8. The molecule has 0 saturated heterocycles. The van der Waals surface area contributed by atoms with Gasteiger partial charge in [0.1, 0.15) is 11.8 Å². The zero-order chi connectivity index (χ0) is 20.7. The van der Waals surface area contributed by atoms with Crippen LogP contribution >= 0.6 is 0 Å². The quantitative estimate of drug-likeness (QED) is 0.759. The molecule has 0 aliphatic heterocycles. The Hall–Kier alpha value is -2.82. The fraction of sp³-hybridized carbons (Fsp3) is 0.391. The van der Waals surface area contributed by atoms with E-state index in [0.717, 1.165) is 16.7 Å². The monoisotopic (exact) mass is 382 g/mol. The summed E-state index contributed by atoms with van der Waals surface area (Å²) in [6.07, 6.45) is 0. The Morgan fingerprint density at radius 2 is 1.68 bits per heavy atom. The summed E-state index contributed by atoms with van der Waals surface area (Å²) in [6, 6.07) is 14.9. The maximum Gasteiger partial charge on any atom is 0.261 e. The van der Waals surface area contributed by atoms with Gasteiger partial charge in [0.05, 0.1) is 0 Å². The summed E-state index contributed by atoms with van der Waals surface area (Å²) in [6.45, 7) is 9.78. The summed E-state index contributed by atoms with van der Waals surface area (Å²) < 4.78 is 5.65. The molecule has 2 rings (SSSR count). The van der Waals surface area contributed by atoms with Gasteiger partial charge in [-0.3, -0.25) is 9.59 Å². The second-order valence-corrected chi connectivity index (χ2v) is 7.45. The molecule has 0 aromatic heterocycles. The van der Waals surface area contributed by atoms with Gasteiger partial charge in [0, 0.05) is 12.6 Å². The third-order valence-corrected chi connectivity index (χ3v) is 4.42. The lowest BCUT2D eigenvalue weighted by Gasteiger charge is -2.29. The maximum absolute atomic E-state index is 12.9. The minimum absolute atomic E-state index is 0.00896. The van der Waals surface area contributed by atoms with Crippen LogP contribution in [0.15, 0.2) is 48.5 Å². The maximum atomic E-state index is 12.9. The molecule has 1 N–H and O–H groups in total. The van der Waals surface area contributed by atoms with Crippen molar-refractivity contribution in [3.05, 3.63) is 65.2 Å². The van der Waals surface area contributed by atoms with Crippen LogP contribution in [0.1, 0.15) is 37.5 Å². The fourth-order valence-electron chi connectivity index (χ4n) is 2.86. The number of ether oxygens (including phenoxy) is 1. The lowest BCUT2D eigenvalue weighted by Crippen LogP contribution is -2.50. The number of hydrogen-bond donors (Lipinski definition) is 1. The van der Waals surface area contributed by atoms with Crippen LogP contribution in [0.25, 0.3) is 0 Å². The Bertz CT molecular complexity index is 800. The van der Waals surface area contributed by atoms with E-state index in [0.29, 0.717) is 12.3 Å². The second-order valence-electron chi connectivity index (χ2n) is 7.45. The highest BCUT2D eigenvalue weighted by molar-refractivity contribution is 5.88. The number of nitrogens with one attached hydrogen (secondary N) is 1. The summed E-state index contributed by atoms with van der Waals surface area (Å²) in [5.74, 6) is 0.230. The predicted octanol–water partition coefficient (Wildman–Crippen LogP) is 3.62. The lowest BCUT2D eigenvalue weighted by atomic mass is 10.1. The first-order valence-electron chi connectivity index (χ1n) is 9.61. The van der Waals surface area contributed by atoms with Gasteiger partial charge in [0.25, 0.3) is 5.91 Å². The van der Waals surface area contributed by atoms with Crippen molar-refractivity contribution < 1.29 is 14.3 Å². The minimum atomic E-state index is -0.600. The Labute approximate surface area is 167 Å². The molecule has 0 bridgehead atoms. The number of hydrogen-bond acceptors (Lipinski definition) is 3. The van der Waals surface area contributed by atoms with Gasteiger partial charge in [-0.2, -0.15) is 0 Å². The van der Waals surface area contributed by atoms with Gasteiger partial charge in [0.15, 0.2) is 6.61 Å². The zero-order valence-corrected chi connectivity index (χ0v) is 17.4. The van der Waals surface area contributed by atoms with Crippen molar-refractivity contribution in [3.8, 4) is 5.75 Å². The first-order chi connectivity index (χ1) is 13.3. The van der Waals surface area contributed by atoms with E-state index in [2.05, 4.69) is 5.32 Å². The lowest BCUT2D eigenvalue weighted by molar-refractivity contribution is -0.142. The molecule has 0 aliphatic carbocycles. The Morgan fingerprint density at radius 3 is 2.29 bits per heavy atom. The van der Waals surface area contributed by atoms with Crippen molar-refractivity contribution in [1.82, 2.24) is 10.2 Å². The molecule has 1 atom stereocenters. The largest absolute Gasteiger partial charge is 0.484 e. The molecule has 2 aromatic carbocycles. The predicted molar refractivity (Wildman–Crippen MR) is 111 cm³/mol. The topological polar surface area (TPSA) is 58.6 Å². The number of carbonyl (C=O) groups is 2. The molecule has 2 amide bonds. The van der Waals surface area contributed by atoms with Crippen molar-refractivity contribution in [3.63, 3.8) is 0 Å². The Morgan fingerprint density at radius 1 is 1.00 bits per heavy atom. The third-order valence-electron chi connectivity index (χ3n) is 4.42. The number of carbonyl (C=O) groups excluding carboxylic acids is 2. The van der Waals surface area contributed by atoms with Crippen LogP contribution in [0, 0.1) is 13.8 Å². The van der Waals surface area contributed by atoms with Gasteiger partial charge in [-0.15, -0.1) is 0 Å². The first kappa shape index (κ1) is 21.5. The number of nitrogens with zero attached hydrogens (tertiary/aromatic N) is 1. The molecule has 0 aliphatic rings. The molecular formula is C23H30N2O3. The fourth-order valence-corrected chi connectivity index (χ4v) is 2.86. The van der Waals surface area contributed by atoms with Gasteiger partial charge in [-0.1, -0.05) is 47.5 Å². The molecule has 0 heterocycles. The number of benzene rings is 2. The van der Waals surface area contributed by atoms with Crippen LogP contribution in [0.3, 0.4) is 0 Å². The van der Waals surface area contributed by atoms with Crippen molar-refractivity contribution in [2.75, 3.05) is 6.61 Å². The van der Waals surface area contributed by atoms with Gasteiger partial charge in [-0.05, 0) is 52.3 Å². The smallest absolute Gasteiger partial charge is 0.261 e. The third kappa shape index (κ3) is 6.41. The summed E-state index contributed by atoms with van der Waals surface area (Å²) >= 11 is 0. The van der Waals surface area contributed by atoms with E-state index in [1.807, 2.05) is 76.2 Å². The molecule has 2 aromatic rings. The molecule has 28 heavy (non-hydrogen) atoms. The highest BCUT2D eigenvalue weighted by atomic mass is 16.5. The van der Waals surface area contributed by atoms with Crippen molar-refractivity contribution in [2.45, 2.75) is 53.2 Å². The summed E-state index contributed by atoms with van der Waals surface area (Å²) in [5.41, 5.74) is 3.21. The van der Waals surface area contributed by atoms with E-state index in [1.165, 1.54) is 0 Å². The first-order valence-corrected chi connectivity index (χ1v) is 9.61. The second kappa shape index (κ2) is 9.93. The van der Waals surface area contributed by atoms with E-state index in [4.69, 9.17) is 4.74 Å². The SMILES string of the molecule is Cc1ccc(OCC(=O)N(Cc2cccc(C)c2)C(C)C(=O)NC(C)C)cc1. The zero-order valence-electron chi connectivity index (χ0n) is 17.4. The average molecular weight is 383 g/mol. The molecule has 0 fully saturated rings. The van der Waals surface area contributed by atoms with E-state index >= 15 is 0 Å². The van der Waals surface area contributed by atoms with Crippen molar-refractivity contribution >= 4 is 11.8 Å². The van der Waals surface area contributed by atoms with Gasteiger partial charge < -0.3 is 15.0 Å². The summed E-state index contributed by atoms with van der Waals surface area (Å²) in [5, 5.41) is 2.88. The van der Waals surface area contributed by atoms with Crippen LogP contribution < -0.4 is 10.1 Å². The van der Waals surface area contributed by atoms with Crippen LogP contribution in [0.4, 0.5) is 0 Å². The molecule has 150 valence electrons. The molecule has 0 spiro atoms. The van der Waals surface area contributed by atoms with E-state index in [9.17, 15) is 9.59 Å². The Balaban J connectivity index is 2.14. The van der Waals surface area contributed by atoms with Gasteiger partial charge >= 0.3 is 0 Å². The molecule has 0 saturated carbocycles. The van der Waals surface area contributed by atoms with E-state index in [1.54, 1.807) is 11.8 Å². The molecule has 5 heteroatoms. The standard InChI is InChI=1S/C23H30N2O3/c1-16(2)24-23(27)19(5)25(14-20-8-6-7-18(4)13-20)22(26)15-28-21-11-9-17(3)10-12-21/h6-13,16,19H,14-15H2,1-5H3,(H,24,27). The highest BCUT2D eigenvalue weighted by Crippen LogP contribution is 2.14. The average Bonchev–Trinajstić information content (AvgIpc) is 2.64. The molecular weight excluding hydrogens is 352 g/mol. The molecule has 0 radical (unpaired) electrons. The highest BCUT2D eigenvalue weighted by Gasteiger charge is 2.26. The van der Waals surface area contributed by atoms with Crippen LogP contribution in [0.2, 0.25) is 0 Å². The van der Waals surface area contributed by atoms with Crippen molar-refractivity contribution in [2.24, 2.45) is 0 Å². The van der Waals surface area contributed by atoms with Gasteiger partial charge in [0.2, 0.25) is 5.91 Å². The minimum Gasteiger partial charge on any atom is -0.484 e. The summed E-state index contributed by atoms with van der Waals surface area (Å²) in [4.78, 5) is 27.0. The molecule has 1 unspecified atom stereocenters. The van der Waals surface area contributed by atoms with Gasteiger partial charge in [-0.25, -0.2) is 0 Å². The van der Waals surface area contributed by atoms with Crippen LogP contribution in [-0.2, 0) is 16.1 Å². The van der Waals surface area contributed by atoms with E-state index < -0.39 is 6.04 Å². The van der Waals surface area contributed by atoms with Crippen LogP contribution in [0.5, 0.6) is 5.75 Å². The number of aryl methyl sites for hydroxylation is 2. The van der Waals surface area contributed by atoms with Crippen LogP contribution in [-0.4, -0.2) is 35.4 Å². The van der Waals surface area contributed by atoms with Crippen molar-refractivity contribution in [1.29, 1.82) is 0 Å². The Kier molecular flexibility index (Phi) is 7.61. The number of rotatable bonds is 8. The number of amides is 2. The van der Waals surface area contributed by atoms with E-state index in [-0.39, 0.29) is 24.5 Å². The summed E-state index contributed by atoms with van der Waals surface area (Å²) in [7, 11) is 0. The molecule has 5 nitrogen and oxygen atoms in total.